The summed E-state index contributed by atoms with van der Waals surface area (Å²) in [5.41, 5.74) is 0.687. The summed E-state index contributed by atoms with van der Waals surface area (Å²) in [5, 5.41) is 18.7. The maximum atomic E-state index is 11.9. The Morgan fingerprint density at radius 2 is 1.69 bits per heavy atom. The van der Waals surface area contributed by atoms with E-state index in [-0.39, 0.29) is 25.7 Å². The number of carbonyl (C=O) groups excluding carboxylic acids is 1. The van der Waals surface area contributed by atoms with Crippen molar-refractivity contribution in [2.45, 2.75) is 0 Å². The molecule has 0 saturated carbocycles. The van der Waals surface area contributed by atoms with E-state index in [9.17, 15) is 9.90 Å². The molecule has 0 amide bonds. The Morgan fingerprint density at radius 1 is 1.00 bits per heavy atom. The Bertz CT molecular complexity index is 527. The number of benzene rings is 2. The minimum Gasteiger partial charge on any atom is -0.508 e. The van der Waals surface area contributed by atoms with Gasteiger partial charge in [0.1, 0.15) is 11.5 Å². The normalized spacial score (nSPS) is 10.0. The van der Waals surface area contributed by atoms with Crippen LogP contribution in [0.2, 0.25) is 0 Å². The van der Waals surface area contributed by atoms with E-state index in [1.807, 2.05) is 6.07 Å². The van der Waals surface area contributed by atoms with Crippen LogP contribution in [0.4, 0.5) is 0 Å². The van der Waals surface area contributed by atoms with Gasteiger partial charge in [-0.1, -0.05) is 30.3 Å². The molecule has 2 aromatic carbocycles. The molecule has 2 N–H and O–H groups in total. The van der Waals surface area contributed by atoms with Crippen LogP contribution < -0.4 is 0 Å². The highest BCUT2D eigenvalue weighted by Gasteiger charge is 2.13. The van der Waals surface area contributed by atoms with Gasteiger partial charge in [-0.15, -0.1) is 0 Å². The van der Waals surface area contributed by atoms with Gasteiger partial charge in [0.2, 0.25) is 0 Å². The number of rotatable bonds is 2. The Morgan fingerprint density at radius 3 is 2.31 bits per heavy atom. The quantitative estimate of drug-likeness (QED) is 0.762. The average Bonchev–Trinajstić information content (AvgIpc) is 2.29. The molecule has 0 aromatic heterocycles. The van der Waals surface area contributed by atoms with Gasteiger partial charge in [-0.3, -0.25) is 4.79 Å². The molecule has 3 nitrogen and oxygen atoms in total. The van der Waals surface area contributed by atoms with Crippen molar-refractivity contribution >= 4 is 5.78 Å². The molecule has 0 radical (unpaired) electrons. The van der Waals surface area contributed by atoms with Crippen LogP contribution in [0.5, 0.6) is 11.5 Å². The third kappa shape index (κ3) is 1.88. The first-order chi connectivity index (χ1) is 7.68. The summed E-state index contributed by atoms with van der Waals surface area (Å²) in [4.78, 5) is 11.9. The summed E-state index contributed by atoms with van der Waals surface area (Å²) >= 11 is 0. The number of carbonyl (C=O) groups is 1. The van der Waals surface area contributed by atoms with Gasteiger partial charge >= 0.3 is 0 Å². The molecule has 0 atom stereocenters. The zero-order valence-electron chi connectivity index (χ0n) is 8.42. The van der Waals surface area contributed by atoms with Crippen LogP contribution >= 0.6 is 0 Å². The van der Waals surface area contributed by atoms with E-state index in [0.29, 0.717) is 5.56 Å². The molecule has 0 spiro atoms. The van der Waals surface area contributed by atoms with E-state index in [0.717, 1.165) is 6.07 Å². The SMILES string of the molecule is O=C(c1ccccc1)c1ccc(O)cc1O.[HH].[HH]. The standard InChI is InChI=1S/C13H10O3.2H2/c14-10-6-7-11(12(15)8-10)13(16)9-4-2-1-3-5-9;;/h1-8,14-15H;2*1H. The summed E-state index contributed by atoms with van der Waals surface area (Å²) < 4.78 is 0. The molecule has 2 aromatic rings. The molecule has 0 unspecified atom stereocenters. The number of phenols is 2. The largest absolute Gasteiger partial charge is 0.508 e. The van der Waals surface area contributed by atoms with Gasteiger partial charge in [-0.25, -0.2) is 0 Å². The fourth-order valence-corrected chi connectivity index (χ4v) is 1.46. The first-order valence-corrected chi connectivity index (χ1v) is 4.80. The highest BCUT2D eigenvalue weighted by molar-refractivity contribution is 6.10. The fourth-order valence-electron chi connectivity index (χ4n) is 1.46. The Kier molecular flexibility index (Phi) is 2.60. The molecule has 84 valence electrons. The zero-order chi connectivity index (χ0) is 11.5. The van der Waals surface area contributed by atoms with Gasteiger partial charge in [0.15, 0.2) is 5.78 Å². The fraction of sp³-hybridized carbons (Fsp3) is 0. The lowest BCUT2D eigenvalue weighted by Gasteiger charge is -2.04. The minimum absolute atomic E-state index is 0. The number of ketones is 1. The highest BCUT2D eigenvalue weighted by Crippen LogP contribution is 2.24. The maximum Gasteiger partial charge on any atom is 0.196 e. The van der Waals surface area contributed by atoms with Crippen LogP contribution in [0.1, 0.15) is 18.8 Å². The first kappa shape index (κ1) is 10.2. The molecule has 0 aliphatic rings. The summed E-state index contributed by atoms with van der Waals surface area (Å²) in [5.74, 6) is -0.547. The van der Waals surface area contributed by atoms with Gasteiger partial charge in [-0.2, -0.15) is 0 Å². The summed E-state index contributed by atoms with van der Waals surface area (Å²) in [6, 6.07) is 12.6. The smallest absolute Gasteiger partial charge is 0.196 e. The van der Waals surface area contributed by atoms with Gasteiger partial charge < -0.3 is 10.2 Å². The van der Waals surface area contributed by atoms with Gasteiger partial charge in [0.25, 0.3) is 0 Å². The Balaban J connectivity index is 0.00000144. The van der Waals surface area contributed by atoms with E-state index < -0.39 is 0 Å². The minimum atomic E-state index is -0.266. The van der Waals surface area contributed by atoms with E-state index in [4.69, 9.17) is 5.11 Å². The van der Waals surface area contributed by atoms with Crippen molar-refractivity contribution in [3.8, 4) is 11.5 Å². The maximum absolute atomic E-state index is 11.9. The number of aromatic hydroxyl groups is 2. The highest BCUT2D eigenvalue weighted by atomic mass is 16.3. The molecule has 0 aliphatic carbocycles. The van der Waals surface area contributed by atoms with E-state index in [2.05, 4.69) is 0 Å². The lowest BCUT2D eigenvalue weighted by molar-refractivity contribution is 0.103. The Labute approximate surface area is 95.6 Å². The van der Waals surface area contributed by atoms with Crippen LogP contribution in [0.15, 0.2) is 48.5 Å². The van der Waals surface area contributed by atoms with Crippen molar-refractivity contribution in [2.24, 2.45) is 0 Å². The lowest BCUT2D eigenvalue weighted by Crippen LogP contribution is -2.00. The molecule has 0 saturated heterocycles. The van der Waals surface area contributed by atoms with Gasteiger partial charge in [0.05, 0.1) is 5.56 Å². The number of hydrogen-bond donors (Lipinski definition) is 2. The zero-order valence-corrected chi connectivity index (χ0v) is 8.42. The average molecular weight is 218 g/mol. The summed E-state index contributed by atoms with van der Waals surface area (Å²) in [7, 11) is 0. The van der Waals surface area contributed by atoms with Crippen molar-refractivity contribution in [3.05, 3.63) is 59.7 Å². The van der Waals surface area contributed by atoms with Crippen LogP contribution in [0, 0.1) is 0 Å². The second kappa shape index (κ2) is 4.06. The van der Waals surface area contributed by atoms with Crippen LogP contribution in [0.25, 0.3) is 0 Å². The van der Waals surface area contributed by atoms with E-state index in [1.165, 1.54) is 12.1 Å². The lowest BCUT2D eigenvalue weighted by atomic mass is 10.0. The second-order valence-corrected chi connectivity index (χ2v) is 3.40. The molecule has 0 bridgehead atoms. The van der Waals surface area contributed by atoms with Gasteiger partial charge in [0, 0.05) is 14.5 Å². The van der Waals surface area contributed by atoms with Crippen molar-refractivity contribution < 1.29 is 17.9 Å². The first-order valence-electron chi connectivity index (χ1n) is 4.80. The number of hydrogen-bond acceptors (Lipinski definition) is 3. The van der Waals surface area contributed by atoms with Crippen LogP contribution in [0.3, 0.4) is 0 Å². The molecule has 3 heteroatoms. The molecule has 2 rings (SSSR count). The number of phenolic OH excluding ortho intramolecular Hbond substituents is 2. The second-order valence-electron chi connectivity index (χ2n) is 3.40. The van der Waals surface area contributed by atoms with Crippen LogP contribution in [-0.2, 0) is 0 Å². The van der Waals surface area contributed by atoms with Crippen molar-refractivity contribution in [1.82, 2.24) is 0 Å². The molecular weight excluding hydrogens is 204 g/mol. The summed E-state index contributed by atoms with van der Waals surface area (Å²) in [6.45, 7) is 0. The van der Waals surface area contributed by atoms with Gasteiger partial charge in [-0.05, 0) is 12.1 Å². The molecule has 0 heterocycles. The van der Waals surface area contributed by atoms with E-state index in [1.54, 1.807) is 24.3 Å². The molecule has 16 heavy (non-hydrogen) atoms. The third-order valence-corrected chi connectivity index (χ3v) is 2.26. The Hall–Kier alpha value is -2.29. The van der Waals surface area contributed by atoms with Crippen molar-refractivity contribution in [1.29, 1.82) is 0 Å². The van der Waals surface area contributed by atoms with E-state index >= 15 is 0 Å². The summed E-state index contributed by atoms with van der Waals surface area (Å²) in [6.07, 6.45) is 0. The molecule has 0 aliphatic heterocycles. The predicted octanol–water partition coefficient (Wildman–Crippen LogP) is 2.82. The molecular formula is C13H14O3. The van der Waals surface area contributed by atoms with Crippen molar-refractivity contribution in [3.63, 3.8) is 0 Å². The topological polar surface area (TPSA) is 57.5 Å². The molecule has 0 fully saturated rings. The van der Waals surface area contributed by atoms with Crippen molar-refractivity contribution in [2.75, 3.05) is 0 Å². The predicted molar refractivity (Wildman–Crippen MR) is 63.9 cm³/mol. The van der Waals surface area contributed by atoms with Crippen LogP contribution in [-0.4, -0.2) is 16.0 Å². The monoisotopic (exact) mass is 218 g/mol. The third-order valence-electron chi connectivity index (χ3n) is 2.26.